The smallest absolute Gasteiger partial charge is 0.120 e. The topological polar surface area (TPSA) is 35.9 Å². The highest BCUT2D eigenvalue weighted by Crippen LogP contribution is 2.24. The van der Waals surface area contributed by atoms with Crippen LogP contribution in [0.2, 0.25) is 0 Å². The van der Waals surface area contributed by atoms with Crippen LogP contribution in [0.15, 0.2) is 59.1 Å². The van der Waals surface area contributed by atoms with Gasteiger partial charge in [-0.25, -0.2) is 0 Å². The van der Waals surface area contributed by atoms with E-state index < -0.39 is 6.10 Å². The molecule has 1 unspecified atom stereocenters. The molecule has 5 heteroatoms. The van der Waals surface area contributed by atoms with E-state index in [4.69, 9.17) is 4.74 Å². The number of fused-ring (bicyclic) bond motifs is 1. The Morgan fingerprint density at radius 2 is 1.63 bits per heavy atom. The molecular formula is C25H29BrN2O2. The minimum Gasteiger partial charge on any atom is -0.491 e. The van der Waals surface area contributed by atoms with E-state index in [-0.39, 0.29) is 0 Å². The van der Waals surface area contributed by atoms with Crippen molar-refractivity contribution in [3.63, 3.8) is 0 Å². The molecule has 1 atom stereocenters. The normalized spacial score (nSPS) is 16.1. The number of aliphatic hydroxyl groups excluding tert-OH is 1. The second-order valence-corrected chi connectivity index (χ2v) is 9.09. The average Bonchev–Trinajstić information content (AvgIpc) is 2.75. The van der Waals surface area contributed by atoms with Crippen molar-refractivity contribution in [2.75, 3.05) is 44.2 Å². The molecule has 3 aromatic rings. The largest absolute Gasteiger partial charge is 0.491 e. The number of hydrogen-bond donors (Lipinski definition) is 1. The standard InChI is InChI=1S/C25H29BrN2O2/c1-18-3-7-23(13-19(18)2)28-11-9-27(10-12-28)16-24(29)17-30-25-8-5-20-14-22(26)6-4-21(20)15-25/h3-8,13-15,24,29H,9-12,16-17H2,1-2H3. The summed E-state index contributed by atoms with van der Waals surface area (Å²) in [6.45, 7) is 9.13. The van der Waals surface area contributed by atoms with Crippen molar-refractivity contribution in [2.24, 2.45) is 0 Å². The number of ether oxygens (including phenoxy) is 1. The number of benzene rings is 3. The minimum atomic E-state index is -0.501. The Kier molecular flexibility index (Phi) is 6.61. The maximum absolute atomic E-state index is 10.5. The van der Waals surface area contributed by atoms with Crippen LogP contribution in [0, 0.1) is 13.8 Å². The molecule has 0 bridgehead atoms. The molecule has 1 aliphatic heterocycles. The highest BCUT2D eigenvalue weighted by molar-refractivity contribution is 9.10. The van der Waals surface area contributed by atoms with E-state index in [1.807, 2.05) is 24.3 Å². The van der Waals surface area contributed by atoms with Gasteiger partial charge in [-0.3, -0.25) is 4.90 Å². The molecule has 0 radical (unpaired) electrons. The van der Waals surface area contributed by atoms with Gasteiger partial charge in [-0.15, -0.1) is 0 Å². The zero-order valence-electron chi connectivity index (χ0n) is 17.6. The monoisotopic (exact) mass is 468 g/mol. The van der Waals surface area contributed by atoms with Crippen LogP contribution in [0.4, 0.5) is 5.69 Å². The van der Waals surface area contributed by atoms with Crippen molar-refractivity contribution in [1.29, 1.82) is 0 Å². The first-order valence-corrected chi connectivity index (χ1v) is 11.3. The van der Waals surface area contributed by atoms with Crippen LogP contribution in [0.5, 0.6) is 5.75 Å². The molecule has 1 heterocycles. The predicted molar refractivity (Wildman–Crippen MR) is 128 cm³/mol. The number of nitrogens with zero attached hydrogens (tertiary/aromatic N) is 2. The van der Waals surface area contributed by atoms with Crippen LogP contribution in [-0.2, 0) is 0 Å². The number of aryl methyl sites for hydroxylation is 2. The fourth-order valence-corrected chi connectivity index (χ4v) is 4.32. The summed E-state index contributed by atoms with van der Waals surface area (Å²) >= 11 is 3.50. The summed E-state index contributed by atoms with van der Waals surface area (Å²) in [4.78, 5) is 4.75. The van der Waals surface area contributed by atoms with Gasteiger partial charge in [-0.1, -0.05) is 34.1 Å². The Labute approximate surface area is 187 Å². The highest BCUT2D eigenvalue weighted by atomic mass is 79.9. The number of β-amino-alcohol motifs (C(OH)–C–C–N with tert-alkyl or cyclic N) is 1. The molecule has 1 fully saturated rings. The molecule has 4 nitrogen and oxygen atoms in total. The van der Waals surface area contributed by atoms with Crippen molar-refractivity contribution in [1.82, 2.24) is 4.90 Å². The van der Waals surface area contributed by atoms with E-state index in [1.54, 1.807) is 0 Å². The molecule has 4 rings (SSSR count). The highest BCUT2D eigenvalue weighted by Gasteiger charge is 2.20. The molecule has 1 N–H and O–H groups in total. The van der Waals surface area contributed by atoms with Gasteiger partial charge in [0.25, 0.3) is 0 Å². The first-order valence-electron chi connectivity index (χ1n) is 10.5. The van der Waals surface area contributed by atoms with E-state index in [1.165, 1.54) is 22.2 Å². The van der Waals surface area contributed by atoms with E-state index in [0.29, 0.717) is 13.2 Å². The molecule has 0 amide bonds. The summed E-state index contributed by atoms with van der Waals surface area (Å²) in [5, 5.41) is 12.8. The molecule has 0 aliphatic carbocycles. The summed E-state index contributed by atoms with van der Waals surface area (Å²) in [7, 11) is 0. The number of rotatable bonds is 6. The van der Waals surface area contributed by atoms with Gasteiger partial charge < -0.3 is 14.7 Å². The Balaban J connectivity index is 1.25. The molecule has 3 aromatic carbocycles. The summed E-state index contributed by atoms with van der Waals surface area (Å²) in [6.07, 6.45) is -0.501. The lowest BCUT2D eigenvalue weighted by Gasteiger charge is -2.37. The van der Waals surface area contributed by atoms with Crippen LogP contribution in [0.1, 0.15) is 11.1 Å². The number of piperazine rings is 1. The number of anilines is 1. The lowest BCUT2D eigenvalue weighted by Crippen LogP contribution is -2.49. The molecule has 30 heavy (non-hydrogen) atoms. The van der Waals surface area contributed by atoms with Crippen molar-refractivity contribution >= 4 is 32.4 Å². The first kappa shape index (κ1) is 21.2. The van der Waals surface area contributed by atoms with Crippen LogP contribution >= 0.6 is 15.9 Å². The van der Waals surface area contributed by atoms with Crippen molar-refractivity contribution in [2.45, 2.75) is 20.0 Å². The van der Waals surface area contributed by atoms with Crippen molar-refractivity contribution < 1.29 is 9.84 Å². The molecule has 1 aliphatic rings. The van der Waals surface area contributed by atoms with Gasteiger partial charge >= 0.3 is 0 Å². The zero-order valence-corrected chi connectivity index (χ0v) is 19.2. The Morgan fingerprint density at radius 3 is 2.40 bits per heavy atom. The maximum atomic E-state index is 10.5. The van der Waals surface area contributed by atoms with Gasteiger partial charge in [0.1, 0.15) is 18.5 Å². The molecular weight excluding hydrogens is 440 g/mol. The molecule has 158 valence electrons. The average molecular weight is 469 g/mol. The predicted octanol–water partition coefficient (Wildman–Crippen LogP) is 4.78. The minimum absolute atomic E-state index is 0.305. The Bertz CT molecular complexity index is 1020. The number of hydrogen-bond acceptors (Lipinski definition) is 4. The second kappa shape index (κ2) is 9.38. The molecule has 0 spiro atoms. The van der Waals surface area contributed by atoms with Gasteiger partial charge in [0, 0.05) is 42.9 Å². The van der Waals surface area contributed by atoms with E-state index in [0.717, 1.165) is 41.8 Å². The number of halogens is 1. The van der Waals surface area contributed by atoms with Gasteiger partial charge in [0.2, 0.25) is 0 Å². The summed E-state index contributed by atoms with van der Waals surface area (Å²) < 4.78 is 6.93. The van der Waals surface area contributed by atoms with Crippen molar-refractivity contribution in [3.05, 3.63) is 70.2 Å². The summed E-state index contributed by atoms with van der Waals surface area (Å²) in [5.41, 5.74) is 3.97. The summed E-state index contributed by atoms with van der Waals surface area (Å²) in [6, 6.07) is 18.9. The van der Waals surface area contributed by atoms with E-state index in [9.17, 15) is 5.11 Å². The fraction of sp³-hybridized carbons (Fsp3) is 0.360. The molecule has 0 saturated carbocycles. The van der Waals surface area contributed by atoms with Gasteiger partial charge in [0.15, 0.2) is 0 Å². The lowest BCUT2D eigenvalue weighted by molar-refractivity contribution is 0.0663. The van der Waals surface area contributed by atoms with Crippen LogP contribution in [0.25, 0.3) is 10.8 Å². The third-order valence-electron chi connectivity index (χ3n) is 5.91. The van der Waals surface area contributed by atoms with Gasteiger partial charge in [-0.2, -0.15) is 0 Å². The number of aliphatic hydroxyl groups is 1. The zero-order chi connectivity index (χ0) is 21.1. The van der Waals surface area contributed by atoms with E-state index in [2.05, 4.69) is 69.9 Å². The SMILES string of the molecule is Cc1ccc(N2CCN(CC(O)COc3ccc4cc(Br)ccc4c3)CC2)cc1C. The maximum Gasteiger partial charge on any atom is 0.120 e. The Morgan fingerprint density at radius 1 is 0.900 bits per heavy atom. The third-order valence-corrected chi connectivity index (χ3v) is 6.41. The first-order chi connectivity index (χ1) is 14.5. The lowest BCUT2D eigenvalue weighted by atomic mass is 10.1. The van der Waals surface area contributed by atoms with Crippen LogP contribution in [0.3, 0.4) is 0 Å². The molecule has 0 aromatic heterocycles. The van der Waals surface area contributed by atoms with Crippen molar-refractivity contribution in [3.8, 4) is 5.75 Å². The van der Waals surface area contributed by atoms with Crippen LogP contribution < -0.4 is 9.64 Å². The fourth-order valence-electron chi connectivity index (χ4n) is 3.94. The third kappa shape index (κ3) is 5.15. The van der Waals surface area contributed by atoms with Gasteiger partial charge in [-0.05, 0) is 72.1 Å². The summed E-state index contributed by atoms with van der Waals surface area (Å²) in [5.74, 6) is 0.795. The Hall–Kier alpha value is -2.08. The van der Waals surface area contributed by atoms with Gasteiger partial charge in [0.05, 0.1) is 0 Å². The van der Waals surface area contributed by atoms with Crippen LogP contribution in [-0.4, -0.2) is 55.4 Å². The van der Waals surface area contributed by atoms with E-state index >= 15 is 0 Å². The second-order valence-electron chi connectivity index (χ2n) is 8.17. The molecule has 1 saturated heterocycles. The quantitative estimate of drug-likeness (QED) is 0.564.